The fourth-order valence-electron chi connectivity index (χ4n) is 3.08. The molecule has 0 N–H and O–H groups in total. The van der Waals surface area contributed by atoms with Crippen molar-refractivity contribution in [1.82, 2.24) is 9.21 Å². The van der Waals surface area contributed by atoms with E-state index in [1.54, 1.807) is 17.0 Å². The van der Waals surface area contributed by atoms with E-state index in [1.165, 1.54) is 16.4 Å². The van der Waals surface area contributed by atoms with E-state index in [1.807, 2.05) is 37.3 Å². The number of piperazine rings is 1. The molecule has 0 radical (unpaired) electrons. The van der Waals surface area contributed by atoms with Crippen molar-refractivity contribution in [2.24, 2.45) is 0 Å². The first-order valence-electron chi connectivity index (χ1n) is 9.18. The van der Waals surface area contributed by atoms with E-state index in [-0.39, 0.29) is 23.9 Å². The number of benzene rings is 2. The third-order valence-corrected chi connectivity index (χ3v) is 6.83. The van der Waals surface area contributed by atoms with Crippen LogP contribution in [0.3, 0.4) is 0 Å². The lowest BCUT2D eigenvalue weighted by atomic mass is 10.2. The number of nitrogens with zero attached hydrogens (tertiary/aromatic N) is 2. The molecule has 2 aromatic carbocycles. The summed E-state index contributed by atoms with van der Waals surface area (Å²) < 4.78 is 32.7. The third-order valence-electron chi connectivity index (χ3n) is 4.67. The first kappa shape index (κ1) is 20.6. The van der Waals surface area contributed by atoms with Gasteiger partial charge >= 0.3 is 0 Å². The molecule has 1 atom stereocenters. The Labute approximate surface area is 170 Å². The molecule has 0 aliphatic carbocycles. The van der Waals surface area contributed by atoms with Gasteiger partial charge < -0.3 is 9.64 Å². The summed E-state index contributed by atoms with van der Waals surface area (Å²) in [5.74, 6) is 0.529. The highest BCUT2D eigenvalue weighted by Gasteiger charge is 2.32. The van der Waals surface area contributed by atoms with Gasteiger partial charge in [-0.25, -0.2) is 8.42 Å². The van der Waals surface area contributed by atoms with Crippen LogP contribution in [0.1, 0.15) is 13.3 Å². The second-order valence-corrected chi connectivity index (χ2v) is 8.89. The quantitative estimate of drug-likeness (QED) is 0.717. The van der Waals surface area contributed by atoms with Crippen LogP contribution in [0, 0.1) is 0 Å². The molecular weight excluding hydrogens is 400 g/mol. The van der Waals surface area contributed by atoms with Gasteiger partial charge in [0, 0.05) is 31.2 Å². The Kier molecular flexibility index (Phi) is 6.59. The monoisotopic (exact) mass is 422 g/mol. The van der Waals surface area contributed by atoms with Gasteiger partial charge in [-0.05, 0) is 42.8 Å². The molecule has 1 heterocycles. The standard InChI is InChI=1S/C20H23ClN2O4S/c1-2-19(27-17-6-4-3-5-7-17)20(24)22-12-14-23(15-13-22)28(25,26)18-10-8-16(21)9-11-18/h3-11,19H,2,12-15H2,1H3/t19-/m1/s1. The van der Waals surface area contributed by atoms with Gasteiger partial charge in [0.1, 0.15) is 5.75 Å². The molecule has 2 aromatic rings. The van der Waals surface area contributed by atoms with Crippen LogP contribution in [-0.4, -0.2) is 55.8 Å². The molecule has 0 spiro atoms. The number of hydrogen-bond acceptors (Lipinski definition) is 4. The molecule has 6 nitrogen and oxygen atoms in total. The van der Waals surface area contributed by atoms with Crippen molar-refractivity contribution in [2.75, 3.05) is 26.2 Å². The van der Waals surface area contributed by atoms with Gasteiger partial charge in [0.2, 0.25) is 10.0 Å². The summed E-state index contributed by atoms with van der Waals surface area (Å²) in [6.07, 6.45) is -0.0429. The predicted octanol–water partition coefficient (Wildman–Crippen LogP) is 3.03. The molecule has 0 bridgehead atoms. The lowest BCUT2D eigenvalue weighted by Gasteiger charge is -2.35. The minimum atomic E-state index is -3.60. The van der Waals surface area contributed by atoms with Gasteiger partial charge in [0.15, 0.2) is 6.10 Å². The molecule has 1 saturated heterocycles. The highest BCUT2D eigenvalue weighted by Crippen LogP contribution is 2.21. The molecule has 3 rings (SSSR count). The van der Waals surface area contributed by atoms with Crippen LogP contribution in [0.5, 0.6) is 5.75 Å². The Balaban J connectivity index is 1.62. The fraction of sp³-hybridized carbons (Fsp3) is 0.350. The molecule has 0 saturated carbocycles. The van der Waals surface area contributed by atoms with Crippen molar-refractivity contribution in [1.29, 1.82) is 0 Å². The van der Waals surface area contributed by atoms with Gasteiger partial charge in [0.25, 0.3) is 5.91 Å². The summed E-state index contributed by atoms with van der Waals surface area (Å²) in [5, 5.41) is 0.485. The first-order valence-corrected chi connectivity index (χ1v) is 11.0. The SMILES string of the molecule is CC[C@@H](Oc1ccccc1)C(=O)N1CCN(S(=O)(=O)c2ccc(Cl)cc2)CC1. The Morgan fingerprint density at radius 3 is 2.21 bits per heavy atom. The largest absolute Gasteiger partial charge is 0.481 e. The lowest BCUT2D eigenvalue weighted by Crippen LogP contribution is -2.53. The fourth-order valence-corrected chi connectivity index (χ4v) is 4.63. The summed E-state index contributed by atoms with van der Waals surface area (Å²) in [5.41, 5.74) is 0. The highest BCUT2D eigenvalue weighted by molar-refractivity contribution is 7.89. The van der Waals surface area contributed by atoms with Crippen LogP contribution in [0.2, 0.25) is 5.02 Å². The van der Waals surface area contributed by atoms with Gasteiger partial charge in [-0.1, -0.05) is 36.7 Å². The maximum atomic E-state index is 12.8. The van der Waals surface area contributed by atoms with E-state index >= 15 is 0 Å². The number of amides is 1. The topological polar surface area (TPSA) is 66.9 Å². The van der Waals surface area contributed by atoms with Crippen molar-refractivity contribution in [2.45, 2.75) is 24.3 Å². The molecule has 0 unspecified atom stereocenters. The van der Waals surface area contributed by atoms with Crippen LogP contribution in [0.15, 0.2) is 59.5 Å². The number of carbonyl (C=O) groups excluding carboxylic acids is 1. The van der Waals surface area contributed by atoms with Crippen molar-refractivity contribution < 1.29 is 17.9 Å². The zero-order chi connectivity index (χ0) is 20.1. The van der Waals surface area contributed by atoms with Crippen LogP contribution in [-0.2, 0) is 14.8 Å². The number of rotatable bonds is 6. The average molecular weight is 423 g/mol. The van der Waals surface area contributed by atoms with Gasteiger partial charge in [-0.15, -0.1) is 0 Å². The smallest absolute Gasteiger partial charge is 0.263 e. The molecule has 1 amide bonds. The Morgan fingerprint density at radius 2 is 1.64 bits per heavy atom. The van der Waals surface area contributed by atoms with Crippen LogP contribution < -0.4 is 4.74 Å². The number of ether oxygens (including phenoxy) is 1. The molecule has 1 aliphatic rings. The summed E-state index contributed by atoms with van der Waals surface area (Å²) in [4.78, 5) is 14.7. The maximum absolute atomic E-state index is 12.8. The first-order chi connectivity index (χ1) is 13.4. The number of carbonyl (C=O) groups is 1. The van der Waals surface area contributed by atoms with E-state index in [0.717, 1.165) is 0 Å². The normalized spacial score (nSPS) is 16.6. The Bertz CT molecular complexity index is 896. The molecule has 1 aliphatic heterocycles. The minimum absolute atomic E-state index is 0.116. The van der Waals surface area contributed by atoms with Crippen molar-refractivity contribution >= 4 is 27.5 Å². The van der Waals surface area contributed by atoms with Crippen LogP contribution in [0.4, 0.5) is 0 Å². The van der Waals surface area contributed by atoms with E-state index in [0.29, 0.717) is 30.3 Å². The number of hydrogen-bond donors (Lipinski definition) is 0. The molecule has 8 heteroatoms. The lowest BCUT2D eigenvalue weighted by molar-refractivity contribution is -0.140. The highest BCUT2D eigenvalue weighted by atomic mass is 35.5. The molecular formula is C20H23ClN2O4S. The van der Waals surface area contributed by atoms with Crippen LogP contribution in [0.25, 0.3) is 0 Å². The van der Waals surface area contributed by atoms with Crippen molar-refractivity contribution in [3.63, 3.8) is 0 Å². The van der Waals surface area contributed by atoms with E-state index in [4.69, 9.17) is 16.3 Å². The van der Waals surface area contributed by atoms with E-state index in [2.05, 4.69) is 0 Å². The summed E-state index contributed by atoms with van der Waals surface area (Å²) in [7, 11) is -3.60. The van der Waals surface area contributed by atoms with E-state index in [9.17, 15) is 13.2 Å². The number of para-hydroxylation sites is 1. The van der Waals surface area contributed by atoms with Gasteiger partial charge in [-0.3, -0.25) is 4.79 Å². The molecule has 0 aromatic heterocycles. The number of halogens is 1. The maximum Gasteiger partial charge on any atom is 0.263 e. The Morgan fingerprint density at radius 1 is 1.04 bits per heavy atom. The van der Waals surface area contributed by atoms with Crippen molar-refractivity contribution in [3.05, 3.63) is 59.6 Å². The van der Waals surface area contributed by atoms with Crippen LogP contribution >= 0.6 is 11.6 Å². The number of sulfonamides is 1. The second-order valence-electron chi connectivity index (χ2n) is 6.51. The summed E-state index contributed by atoms with van der Waals surface area (Å²) in [6, 6.07) is 15.3. The van der Waals surface area contributed by atoms with E-state index < -0.39 is 16.1 Å². The molecule has 150 valence electrons. The Hall–Kier alpha value is -2.09. The van der Waals surface area contributed by atoms with Gasteiger partial charge in [-0.2, -0.15) is 4.31 Å². The molecule has 1 fully saturated rings. The zero-order valence-corrected chi connectivity index (χ0v) is 17.2. The average Bonchev–Trinajstić information content (AvgIpc) is 2.72. The summed E-state index contributed by atoms with van der Waals surface area (Å²) >= 11 is 5.84. The summed E-state index contributed by atoms with van der Waals surface area (Å²) in [6.45, 7) is 3.06. The van der Waals surface area contributed by atoms with Gasteiger partial charge in [0.05, 0.1) is 4.90 Å². The van der Waals surface area contributed by atoms with Crippen molar-refractivity contribution in [3.8, 4) is 5.75 Å². The zero-order valence-electron chi connectivity index (χ0n) is 15.6. The predicted molar refractivity (Wildman–Crippen MR) is 108 cm³/mol. The molecule has 28 heavy (non-hydrogen) atoms. The third kappa shape index (κ3) is 4.66. The second kappa shape index (κ2) is 8.94. The minimum Gasteiger partial charge on any atom is -0.481 e.